The fourth-order valence-corrected chi connectivity index (χ4v) is 7.29. The number of benzene rings is 1. The highest BCUT2D eigenvalue weighted by atomic mass is 19.1. The van der Waals surface area contributed by atoms with E-state index in [2.05, 4.69) is 11.8 Å². The minimum absolute atomic E-state index is 0.0637. The Morgan fingerprint density at radius 2 is 2.03 bits per heavy atom. The van der Waals surface area contributed by atoms with Crippen molar-refractivity contribution in [3.63, 3.8) is 0 Å². The molecule has 1 aromatic carbocycles. The summed E-state index contributed by atoms with van der Waals surface area (Å²) in [5, 5.41) is 22.5. The van der Waals surface area contributed by atoms with E-state index in [1.807, 2.05) is 0 Å². The van der Waals surface area contributed by atoms with E-state index in [-0.39, 0.29) is 42.1 Å². The lowest BCUT2D eigenvalue weighted by atomic mass is 9.73. The number of likely N-dealkylation sites (tertiary alicyclic amines) is 1. The third-order valence-electron chi connectivity index (χ3n) is 9.57. The molecule has 0 spiro atoms. The number of hydrogen-bond donors (Lipinski definition) is 2. The Balaban J connectivity index is 1.55. The number of cyclic esters (lactones) is 1. The smallest absolute Gasteiger partial charge is 0.343 e. The first kappa shape index (κ1) is 23.9. The molecule has 7 rings (SSSR count). The molecule has 2 N–H and O–H groups in total. The molecule has 9 heteroatoms. The van der Waals surface area contributed by atoms with E-state index < -0.39 is 23.2 Å². The van der Waals surface area contributed by atoms with Gasteiger partial charge in [0.1, 0.15) is 12.4 Å². The molecule has 3 atom stereocenters. The van der Waals surface area contributed by atoms with E-state index in [1.54, 1.807) is 24.5 Å². The fraction of sp³-hybridized carbons (Fsp3) is 0.483. The Hall–Kier alpha value is -3.14. The van der Waals surface area contributed by atoms with E-state index in [4.69, 9.17) is 9.72 Å². The fourth-order valence-electron chi connectivity index (χ4n) is 7.29. The van der Waals surface area contributed by atoms with Crippen LogP contribution in [0.1, 0.15) is 66.5 Å². The zero-order chi connectivity index (χ0) is 26.7. The molecule has 1 saturated heterocycles. The molecular weight excluding hydrogens is 489 g/mol. The van der Waals surface area contributed by atoms with Crippen molar-refractivity contribution < 1.29 is 24.1 Å². The van der Waals surface area contributed by atoms with Gasteiger partial charge >= 0.3 is 5.97 Å². The van der Waals surface area contributed by atoms with Crippen LogP contribution in [0.3, 0.4) is 0 Å². The number of ether oxygens (including phenoxy) is 1. The van der Waals surface area contributed by atoms with Crippen LogP contribution < -0.4 is 5.56 Å². The van der Waals surface area contributed by atoms with Gasteiger partial charge in [-0.05, 0) is 62.3 Å². The Bertz CT molecular complexity index is 1650. The number of hydrogen-bond acceptors (Lipinski definition) is 7. The summed E-state index contributed by atoms with van der Waals surface area (Å²) in [4.78, 5) is 33.5. The lowest BCUT2D eigenvalue weighted by Crippen LogP contribution is -2.46. The number of aromatic nitrogens is 2. The summed E-state index contributed by atoms with van der Waals surface area (Å²) in [5.74, 6) is -1.07. The van der Waals surface area contributed by atoms with E-state index in [0.29, 0.717) is 41.9 Å². The van der Waals surface area contributed by atoms with Crippen molar-refractivity contribution in [3.8, 4) is 11.4 Å². The van der Waals surface area contributed by atoms with Crippen LogP contribution in [0.25, 0.3) is 22.3 Å². The van der Waals surface area contributed by atoms with Crippen molar-refractivity contribution >= 4 is 16.9 Å². The first-order chi connectivity index (χ1) is 18.1. The molecule has 8 nitrogen and oxygen atoms in total. The number of aliphatic hydroxyl groups is 2. The van der Waals surface area contributed by atoms with E-state index in [0.717, 1.165) is 35.0 Å². The van der Waals surface area contributed by atoms with Crippen LogP contribution in [-0.4, -0.2) is 49.8 Å². The second-order valence-corrected chi connectivity index (χ2v) is 11.4. The van der Waals surface area contributed by atoms with Crippen LogP contribution in [0, 0.1) is 12.7 Å². The van der Waals surface area contributed by atoms with Crippen LogP contribution >= 0.6 is 0 Å². The third kappa shape index (κ3) is 2.87. The molecule has 0 radical (unpaired) electrons. The molecule has 3 aliphatic heterocycles. The average molecular weight is 520 g/mol. The molecule has 1 fully saturated rings. The molecule has 5 heterocycles. The van der Waals surface area contributed by atoms with E-state index in [1.165, 1.54) is 6.07 Å². The number of pyridine rings is 2. The lowest BCUT2D eigenvalue weighted by molar-refractivity contribution is -0.172. The molecule has 0 saturated carbocycles. The lowest BCUT2D eigenvalue weighted by Gasteiger charge is -2.44. The number of rotatable bonds is 2. The van der Waals surface area contributed by atoms with Crippen molar-refractivity contribution in [2.45, 2.75) is 76.9 Å². The van der Waals surface area contributed by atoms with Crippen molar-refractivity contribution in [1.82, 2.24) is 14.5 Å². The van der Waals surface area contributed by atoms with Gasteiger partial charge in [-0.1, -0.05) is 6.92 Å². The predicted octanol–water partition coefficient (Wildman–Crippen LogP) is 2.76. The third-order valence-corrected chi connectivity index (χ3v) is 9.57. The van der Waals surface area contributed by atoms with Crippen LogP contribution in [0.4, 0.5) is 4.39 Å². The summed E-state index contributed by atoms with van der Waals surface area (Å²) < 4.78 is 21.9. The van der Waals surface area contributed by atoms with E-state index >= 15 is 4.39 Å². The Kier molecular flexibility index (Phi) is 4.86. The van der Waals surface area contributed by atoms with Gasteiger partial charge in [0.25, 0.3) is 5.56 Å². The van der Waals surface area contributed by atoms with Crippen LogP contribution in [0.2, 0.25) is 0 Å². The number of fused-ring (bicyclic) bond motifs is 5. The zero-order valence-corrected chi connectivity index (χ0v) is 21.7. The number of aliphatic hydroxyl groups excluding tert-OH is 1. The molecule has 0 amide bonds. The van der Waals surface area contributed by atoms with Gasteiger partial charge in [0.15, 0.2) is 5.60 Å². The van der Waals surface area contributed by atoms with Crippen LogP contribution in [-0.2, 0) is 40.2 Å². The number of carbonyl (C=O) groups is 1. The van der Waals surface area contributed by atoms with Gasteiger partial charge in [-0.15, -0.1) is 0 Å². The van der Waals surface area contributed by atoms with Crippen molar-refractivity contribution in [2.75, 3.05) is 13.1 Å². The Morgan fingerprint density at radius 3 is 2.74 bits per heavy atom. The minimum Gasteiger partial charge on any atom is -0.458 e. The van der Waals surface area contributed by atoms with Crippen LogP contribution in [0.15, 0.2) is 16.9 Å². The number of halogens is 1. The highest BCUT2D eigenvalue weighted by Gasteiger charge is 2.48. The molecule has 4 aliphatic rings. The van der Waals surface area contributed by atoms with E-state index in [9.17, 15) is 19.8 Å². The maximum atomic E-state index is 15.1. The highest BCUT2D eigenvalue weighted by Crippen LogP contribution is 2.50. The summed E-state index contributed by atoms with van der Waals surface area (Å²) >= 11 is 0. The van der Waals surface area contributed by atoms with Gasteiger partial charge in [0.05, 0.1) is 35.1 Å². The normalized spacial score (nSPS) is 27.8. The number of aryl methyl sites for hydroxylation is 1. The molecule has 198 valence electrons. The summed E-state index contributed by atoms with van der Waals surface area (Å²) in [6, 6.07) is 3.17. The average Bonchev–Trinajstić information content (AvgIpc) is 3.50. The molecule has 38 heavy (non-hydrogen) atoms. The first-order valence-electron chi connectivity index (χ1n) is 13.3. The molecule has 2 unspecified atom stereocenters. The molecule has 3 aromatic rings. The Morgan fingerprint density at radius 1 is 1.24 bits per heavy atom. The van der Waals surface area contributed by atoms with Crippen molar-refractivity contribution in [3.05, 3.63) is 61.7 Å². The summed E-state index contributed by atoms with van der Waals surface area (Å²) in [6.07, 6.45) is 1.80. The number of esters is 1. The number of nitrogens with zero attached hydrogens (tertiary/aromatic N) is 3. The summed E-state index contributed by atoms with van der Waals surface area (Å²) in [6.45, 7) is 7.06. The molecular formula is C29H30FN3O5. The summed E-state index contributed by atoms with van der Waals surface area (Å²) in [5.41, 5.74) is 3.01. The second-order valence-electron chi connectivity index (χ2n) is 11.4. The minimum atomic E-state index is -1.91. The summed E-state index contributed by atoms with van der Waals surface area (Å²) in [7, 11) is 0. The maximum Gasteiger partial charge on any atom is 0.343 e. The largest absolute Gasteiger partial charge is 0.458 e. The quantitative estimate of drug-likeness (QED) is 0.393. The van der Waals surface area contributed by atoms with Crippen LogP contribution in [0.5, 0.6) is 0 Å². The topological polar surface area (TPSA) is 105 Å². The SMILES string of the molecule is CC[C@@]1(O)C(=O)OCc2c1cc1n(c2=O)Cc2c-1nc1cc(F)c(C)c3c1c2C(C)(N1CCC(O)C1)CC3. The number of β-amino-alcohol motifs (C(OH)–C–C–N with tert-alkyl or cyclic N) is 1. The van der Waals surface area contributed by atoms with Gasteiger partial charge in [0, 0.05) is 41.2 Å². The molecule has 1 aliphatic carbocycles. The highest BCUT2D eigenvalue weighted by molar-refractivity contribution is 5.93. The monoisotopic (exact) mass is 519 g/mol. The standard InChI is InChI=1S/C29H30FN3O5/c1-4-29(37)19-9-22-25-17(12-33(22)26(35)18(19)13-38-27(29)36)24-23-16(14(2)20(30)10-21(23)31-25)5-7-28(24,3)32-8-6-15(34)11-32/h9-10,15,34,37H,4-8,11-13H2,1-3H3/t15?,28?,29-/m0/s1. The number of carbonyl (C=O) groups excluding carboxylic acids is 1. The van der Waals surface area contributed by atoms with Gasteiger partial charge in [-0.25, -0.2) is 14.2 Å². The maximum absolute atomic E-state index is 15.1. The molecule has 0 bridgehead atoms. The van der Waals surface area contributed by atoms with Gasteiger partial charge in [-0.3, -0.25) is 9.69 Å². The van der Waals surface area contributed by atoms with Gasteiger partial charge in [-0.2, -0.15) is 0 Å². The predicted molar refractivity (Wildman–Crippen MR) is 137 cm³/mol. The Labute approximate surface area is 218 Å². The van der Waals surface area contributed by atoms with Gasteiger partial charge in [0.2, 0.25) is 0 Å². The molecule has 2 aromatic heterocycles. The second kappa shape index (κ2) is 7.71. The van der Waals surface area contributed by atoms with Crippen molar-refractivity contribution in [1.29, 1.82) is 0 Å². The van der Waals surface area contributed by atoms with Gasteiger partial charge < -0.3 is 19.5 Å². The zero-order valence-electron chi connectivity index (χ0n) is 21.7. The first-order valence-corrected chi connectivity index (χ1v) is 13.3. The van der Waals surface area contributed by atoms with Crippen molar-refractivity contribution in [2.24, 2.45) is 0 Å².